The second-order valence-corrected chi connectivity index (χ2v) is 7.29. The predicted octanol–water partition coefficient (Wildman–Crippen LogP) is 2.03. The molecule has 0 aliphatic rings. The largest absolute Gasteiger partial charge is 0.366 e. The van der Waals surface area contributed by atoms with Crippen LogP contribution in [0.5, 0.6) is 0 Å². The molecule has 0 spiro atoms. The first kappa shape index (κ1) is 19.1. The Bertz CT molecular complexity index is 195. The van der Waals surface area contributed by atoms with Gasteiger partial charge in [-0.2, -0.15) is 0 Å². The lowest BCUT2D eigenvalue weighted by Crippen LogP contribution is -2.39. The lowest BCUT2D eigenvalue weighted by Gasteiger charge is -2.29. The monoisotopic (exact) mass is 291 g/mol. The van der Waals surface area contributed by atoms with Crippen molar-refractivity contribution < 1.29 is 14.2 Å². The molecule has 0 unspecified atom stereocenters. The summed E-state index contributed by atoms with van der Waals surface area (Å²) < 4.78 is 17.2. The van der Waals surface area contributed by atoms with E-state index in [-0.39, 0.29) is 14.9 Å². The Kier molecular flexibility index (Phi) is 11.9. The van der Waals surface area contributed by atoms with Crippen LogP contribution in [0.15, 0.2) is 0 Å². The molecule has 0 N–H and O–H groups in total. The minimum Gasteiger partial charge on any atom is -0.366 e. The lowest BCUT2D eigenvalue weighted by atomic mass is 10.5. The third kappa shape index (κ3) is 9.57. The van der Waals surface area contributed by atoms with Gasteiger partial charge in [-0.3, -0.25) is 4.90 Å². The van der Waals surface area contributed by atoms with Gasteiger partial charge < -0.3 is 14.2 Å². The molecule has 0 fully saturated rings. The molecular formula is C14H33NO3Si. The van der Waals surface area contributed by atoms with Crippen LogP contribution < -0.4 is 0 Å². The zero-order valence-corrected chi connectivity index (χ0v) is 15.0. The molecule has 0 radical (unpaired) electrons. The molecule has 0 aromatic carbocycles. The molecule has 0 aliphatic heterocycles. The molecule has 0 aromatic rings. The fraction of sp³-hybridized carbons (Fsp3) is 1.00. The van der Waals surface area contributed by atoms with Crippen LogP contribution in [0.1, 0.15) is 41.0 Å². The van der Waals surface area contributed by atoms with Crippen molar-refractivity contribution in [3.63, 3.8) is 0 Å². The molecule has 0 saturated carbocycles. The average Bonchev–Trinajstić information content (AvgIpc) is 2.38. The summed E-state index contributed by atoms with van der Waals surface area (Å²) in [6.07, 6.45) is 1.11. The molecule has 0 aliphatic carbocycles. The van der Waals surface area contributed by atoms with Crippen LogP contribution in [0.25, 0.3) is 0 Å². The van der Waals surface area contributed by atoms with E-state index in [1.54, 1.807) is 0 Å². The van der Waals surface area contributed by atoms with E-state index in [0.717, 1.165) is 46.1 Å². The Labute approximate surface area is 121 Å². The maximum Gasteiger partial charge on any atom is 0.142 e. The molecule has 19 heavy (non-hydrogen) atoms. The summed E-state index contributed by atoms with van der Waals surface area (Å²) in [7, 11) is -0.389. The van der Waals surface area contributed by atoms with E-state index in [9.17, 15) is 0 Å². The van der Waals surface area contributed by atoms with E-state index >= 15 is 0 Å². The Morgan fingerprint density at radius 3 is 2.05 bits per heavy atom. The topological polar surface area (TPSA) is 30.9 Å². The molecule has 0 aromatic heterocycles. The van der Waals surface area contributed by atoms with E-state index < -0.39 is 0 Å². The summed E-state index contributed by atoms with van der Waals surface area (Å²) in [6, 6.07) is 1.20. The van der Waals surface area contributed by atoms with Crippen molar-refractivity contribution in [1.82, 2.24) is 4.90 Å². The highest BCUT2D eigenvalue weighted by molar-refractivity contribution is 6.38. The number of hydrogen-bond donors (Lipinski definition) is 0. The summed E-state index contributed by atoms with van der Waals surface area (Å²) in [4.78, 5) is 2.28. The van der Waals surface area contributed by atoms with Gasteiger partial charge in [-0.25, -0.2) is 0 Å². The second-order valence-electron chi connectivity index (χ2n) is 4.80. The highest BCUT2D eigenvalue weighted by atomic mass is 28.2. The number of rotatable bonds is 13. The fourth-order valence-corrected chi connectivity index (χ4v) is 3.84. The lowest BCUT2D eigenvalue weighted by molar-refractivity contribution is -0.163. The van der Waals surface area contributed by atoms with Crippen LogP contribution in [0, 0.1) is 0 Å². The van der Waals surface area contributed by atoms with Gasteiger partial charge in [-0.05, 0) is 40.3 Å². The van der Waals surface area contributed by atoms with E-state index in [2.05, 4.69) is 25.7 Å². The van der Waals surface area contributed by atoms with Crippen LogP contribution in [0.2, 0.25) is 6.04 Å². The Morgan fingerprint density at radius 2 is 1.58 bits per heavy atom. The van der Waals surface area contributed by atoms with Gasteiger partial charge in [0.25, 0.3) is 0 Å². The fourth-order valence-electron chi connectivity index (χ4n) is 2.05. The van der Waals surface area contributed by atoms with Crippen molar-refractivity contribution in [1.29, 1.82) is 0 Å². The second kappa shape index (κ2) is 11.8. The zero-order chi connectivity index (χ0) is 14.6. The first-order valence-corrected chi connectivity index (χ1v) is 9.40. The molecule has 0 rings (SSSR count). The van der Waals surface area contributed by atoms with E-state index in [0.29, 0.717) is 0 Å². The molecule has 0 bridgehead atoms. The van der Waals surface area contributed by atoms with Crippen molar-refractivity contribution >= 4 is 9.52 Å². The normalized spacial score (nSPS) is 12.9. The molecule has 0 heterocycles. The van der Waals surface area contributed by atoms with Crippen molar-refractivity contribution in [2.75, 3.05) is 39.6 Å². The number of hydrogen-bond acceptors (Lipinski definition) is 4. The van der Waals surface area contributed by atoms with Gasteiger partial charge in [0, 0.05) is 19.8 Å². The minimum absolute atomic E-state index is 0.289. The van der Waals surface area contributed by atoms with E-state index in [1.807, 2.05) is 13.8 Å². The van der Waals surface area contributed by atoms with Crippen LogP contribution in [0.3, 0.4) is 0 Å². The smallest absolute Gasteiger partial charge is 0.142 e. The standard InChI is InChI=1S/C14H33NO3Si/c1-6-15(7-2)13-16-11-10-12-19-14(5,17-8-3)18-9-4/h6-13,19H2,1-5H3. The predicted molar refractivity (Wildman–Crippen MR) is 83.4 cm³/mol. The summed E-state index contributed by atoms with van der Waals surface area (Å²) >= 11 is 0. The van der Waals surface area contributed by atoms with Gasteiger partial charge >= 0.3 is 0 Å². The summed E-state index contributed by atoms with van der Waals surface area (Å²) in [6.45, 7) is 15.6. The average molecular weight is 292 g/mol. The molecule has 116 valence electrons. The van der Waals surface area contributed by atoms with Crippen molar-refractivity contribution in [2.24, 2.45) is 0 Å². The van der Waals surface area contributed by atoms with Gasteiger partial charge in [0.15, 0.2) is 0 Å². The Hall–Kier alpha value is 0.0569. The van der Waals surface area contributed by atoms with Gasteiger partial charge in [-0.1, -0.05) is 19.9 Å². The van der Waals surface area contributed by atoms with E-state index in [4.69, 9.17) is 14.2 Å². The van der Waals surface area contributed by atoms with Crippen molar-refractivity contribution in [2.45, 2.75) is 52.5 Å². The molecule has 5 heteroatoms. The van der Waals surface area contributed by atoms with Crippen molar-refractivity contribution in [3.8, 4) is 0 Å². The number of nitrogens with zero attached hydrogens (tertiary/aromatic N) is 1. The highest BCUT2D eigenvalue weighted by Crippen LogP contribution is 2.13. The first-order valence-electron chi connectivity index (χ1n) is 7.69. The van der Waals surface area contributed by atoms with Crippen LogP contribution >= 0.6 is 0 Å². The Morgan fingerprint density at radius 1 is 1.00 bits per heavy atom. The summed E-state index contributed by atoms with van der Waals surface area (Å²) in [5, 5.41) is 0. The van der Waals surface area contributed by atoms with Crippen molar-refractivity contribution in [3.05, 3.63) is 0 Å². The maximum absolute atomic E-state index is 5.74. The maximum atomic E-state index is 5.74. The highest BCUT2D eigenvalue weighted by Gasteiger charge is 2.24. The van der Waals surface area contributed by atoms with E-state index in [1.165, 1.54) is 6.04 Å². The SMILES string of the molecule is CCOC(C)(OCC)[SiH2]CCCOCN(CC)CC. The van der Waals surface area contributed by atoms with Crippen LogP contribution in [-0.4, -0.2) is 59.5 Å². The molecule has 0 amide bonds. The zero-order valence-electron chi connectivity index (χ0n) is 13.5. The number of ether oxygens (including phenoxy) is 3. The van der Waals surface area contributed by atoms with Gasteiger partial charge in [-0.15, -0.1) is 0 Å². The summed E-state index contributed by atoms with van der Waals surface area (Å²) in [5.41, 5.74) is -0.289. The van der Waals surface area contributed by atoms with Gasteiger partial charge in [0.05, 0.1) is 16.3 Å². The summed E-state index contributed by atoms with van der Waals surface area (Å²) in [5.74, 6) is 0. The van der Waals surface area contributed by atoms with Gasteiger partial charge in [0.2, 0.25) is 0 Å². The molecular weight excluding hydrogens is 258 g/mol. The molecule has 4 nitrogen and oxygen atoms in total. The van der Waals surface area contributed by atoms with Crippen LogP contribution in [0.4, 0.5) is 0 Å². The quantitative estimate of drug-likeness (QED) is 0.295. The minimum atomic E-state index is -0.389. The van der Waals surface area contributed by atoms with Crippen LogP contribution in [-0.2, 0) is 14.2 Å². The molecule has 0 saturated heterocycles. The molecule has 0 atom stereocenters. The van der Waals surface area contributed by atoms with Gasteiger partial charge in [0.1, 0.15) is 5.41 Å². The third-order valence-corrected chi connectivity index (χ3v) is 5.41. The Balaban J connectivity index is 3.65. The first-order chi connectivity index (χ1) is 9.11. The third-order valence-electron chi connectivity index (χ3n) is 3.24.